The van der Waals surface area contributed by atoms with Gasteiger partial charge in [-0.1, -0.05) is 25.8 Å². The van der Waals surface area contributed by atoms with Crippen LogP contribution in [0.5, 0.6) is 5.75 Å². The molecule has 0 spiro atoms. The van der Waals surface area contributed by atoms with E-state index in [0.29, 0.717) is 24.3 Å². The van der Waals surface area contributed by atoms with Crippen LogP contribution in [0, 0.1) is 24.2 Å². The number of nitrogens with zero attached hydrogens (tertiary/aromatic N) is 1. The van der Waals surface area contributed by atoms with Gasteiger partial charge in [0.1, 0.15) is 10.6 Å². The first kappa shape index (κ1) is 21.9. The van der Waals surface area contributed by atoms with E-state index in [1.807, 2.05) is 13.8 Å². The summed E-state index contributed by atoms with van der Waals surface area (Å²) in [6, 6.07) is 11.3. The zero-order chi connectivity index (χ0) is 21.9. The highest BCUT2D eigenvalue weighted by atomic mass is 32.2. The Morgan fingerprint density at radius 2 is 1.87 bits per heavy atom. The highest BCUT2D eigenvalue weighted by Gasteiger charge is 2.34. The van der Waals surface area contributed by atoms with Crippen molar-refractivity contribution in [3.8, 4) is 18.1 Å². The number of carbonyl (C=O) groups is 1. The molecule has 3 rings (SSSR count). The minimum Gasteiger partial charge on any atom is -0.495 e. The fourth-order valence-corrected chi connectivity index (χ4v) is 5.71. The number of carbonyl (C=O) groups excluding carboxylic acids is 1. The zero-order valence-electron chi connectivity index (χ0n) is 17.4. The molecule has 1 saturated heterocycles. The number of piperidine rings is 1. The number of rotatable bonds is 5. The Morgan fingerprint density at radius 3 is 2.50 bits per heavy atom. The fourth-order valence-electron chi connectivity index (χ4n) is 3.85. The first-order chi connectivity index (χ1) is 14.2. The topological polar surface area (TPSA) is 75.7 Å². The molecule has 2 unspecified atom stereocenters. The molecule has 1 N–H and O–H groups in total. The van der Waals surface area contributed by atoms with Gasteiger partial charge in [-0.05, 0) is 54.7 Å². The summed E-state index contributed by atoms with van der Waals surface area (Å²) < 4.78 is 33.5. The minimum absolute atomic E-state index is 0.00340. The monoisotopic (exact) mass is 426 g/mol. The molecule has 0 aromatic heterocycles. The van der Waals surface area contributed by atoms with E-state index in [0.717, 1.165) is 6.42 Å². The van der Waals surface area contributed by atoms with Crippen LogP contribution in [0.4, 0.5) is 5.69 Å². The van der Waals surface area contributed by atoms with E-state index in [1.165, 1.54) is 23.5 Å². The summed E-state index contributed by atoms with van der Waals surface area (Å²) in [6.45, 7) is 4.99. The Labute approximate surface area is 178 Å². The molecule has 1 aliphatic heterocycles. The molecular formula is C23H26N2O4S. The van der Waals surface area contributed by atoms with E-state index in [-0.39, 0.29) is 28.0 Å². The van der Waals surface area contributed by atoms with Crippen LogP contribution in [0.1, 0.15) is 36.2 Å². The molecule has 0 saturated carbocycles. The van der Waals surface area contributed by atoms with Gasteiger partial charge in [-0.25, -0.2) is 8.42 Å². The quantitative estimate of drug-likeness (QED) is 0.742. The van der Waals surface area contributed by atoms with Crippen LogP contribution in [0.3, 0.4) is 0 Å². The summed E-state index contributed by atoms with van der Waals surface area (Å²) >= 11 is 0. The van der Waals surface area contributed by atoms with Gasteiger partial charge in [0.25, 0.3) is 5.91 Å². The maximum atomic E-state index is 13.4. The lowest BCUT2D eigenvalue weighted by molar-refractivity contribution is 0.102. The lowest BCUT2D eigenvalue weighted by atomic mass is 9.94. The smallest absolute Gasteiger partial charge is 0.255 e. The molecule has 0 aliphatic carbocycles. The number of benzene rings is 2. The van der Waals surface area contributed by atoms with Crippen molar-refractivity contribution in [3.63, 3.8) is 0 Å². The van der Waals surface area contributed by atoms with Crippen molar-refractivity contribution < 1.29 is 17.9 Å². The summed E-state index contributed by atoms with van der Waals surface area (Å²) in [4.78, 5) is 12.8. The van der Waals surface area contributed by atoms with E-state index in [1.54, 1.807) is 30.3 Å². The van der Waals surface area contributed by atoms with Crippen LogP contribution in [0.2, 0.25) is 0 Å². The summed E-state index contributed by atoms with van der Waals surface area (Å²) in [7, 11) is -2.39. The second kappa shape index (κ2) is 8.90. The van der Waals surface area contributed by atoms with E-state index in [9.17, 15) is 13.2 Å². The SMILES string of the molecule is C#Cc1cccc(NC(=O)c2ccc(OC)c(S(=O)(=O)N3CC(C)CC(C)C3)c2)c1. The number of methoxy groups -OCH3 is 1. The third-order valence-electron chi connectivity index (χ3n) is 5.17. The lowest BCUT2D eigenvalue weighted by Crippen LogP contribution is -2.42. The molecular weight excluding hydrogens is 400 g/mol. The fraction of sp³-hybridized carbons (Fsp3) is 0.348. The molecule has 6 nitrogen and oxygen atoms in total. The van der Waals surface area contributed by atoms with Gasteiger partial charge >= 0.3 is 0 Å². The van der Waals surface area contributed by atoms with E-state index < -0.39 is 15.9 Å². The van der Waals surface area contributed by atoms with Crippen molar-refractivity contribution in [3.05, 3.63) is 53.6 Å². The molecule has 30 heavy (non-hydrogen) atoms. The van der Waals surface area contributed by atoms with Gasteiger partial charge in [0.15, 0.2) is 0 Å². The second-order valence-corrected chi connectivity index (χ2v) is 9.72. The highest BCUT2D eigenvalue weighted by Crippen LogP contribution is 2.32. The Kier molecular flexibility index (Phi) is 6.49. The Morgan fingerprint density at radius 1 is 1.17 bits per heavy atom. The van der Waals surface area contributed by atoms with Crippen LogP contribution in [0.25, 0.3) is 0 Å². The molecule has 2 aromatic rings. The molecule has 7 heteroatoms. The number of sulfonamides is 1. The van der Waals surface area contributed by atoms with Crippen molar-refractivity contribution in [2.24, 2.45) is 11.8 Å². The number of hydrogen-bond donors (Lipinski definition) is 1. The van der Waals surface area contributed by atoms with Crippen LogP contribution in [-0.4, -0.2) is 38.8 Å². The average molecular weight is 427 g/mol. The van der Waals surface area contributed by atoms with E-state index >= 15 is 0 Å². The molecule has 2 aromatic carbocycles. The first-order valence-corrected chi connectivity index (χ1v) is 11.2. The Bertz CT molecular complexity index is 1080. The predicted octanol–water partition coefficient (Wildman–Crippen LogP) is 3.60. The van der Waals surface area contributed by atoms with Crippen molar-refractivity contribution >= 4 is 21.6 Å². The maximum Gasteiger partial charge on any atom is 0.255 e. The first-order valence-electron chi connectivity index (χ1n) is 9.80. The van der Waals surface area contributed by atoms with Crippen LogP contribution < -0.4 is 10.1 Å². The summed E-state index contributed by atoms with van der Waals surface area (Å²) in [5.41, 5.74) is 1.40. The standard InChI is InChI=1S/C23H26N2O4S/c1-5-18-7-6-8-20(12-18)24-23(26)19-9-10-21(29-4)22(13-19)30(27,28)25-14-16(2)11-17(3)15-25/h1,6-10,12-13,16-17H,11,14-15H2,2-4H3,(H,24,26). The normalized spacial score (nSPS) is 19.7. The number of terminal acetylenes is 1. The lowest BCUT2D eigenvalue weighted by Gasteiger charge is -2.34. The Hall–Kier alpha value is -2.82. The van der Waals surface area contributed by atoms with Crippen molar-refractivity contribution in [1.82, 2.24) is 4.31 Å². The second-order valence-electron chi connectivity index (χ2n) is 7.81. The highest BCUT2D eigenvalue weighted by molar-refractivity contribution is 7.89. The average Bonchev–Trinajstić information content (AvgIpc) is 2.72. The molecule has 2 atom stereocenters. The van der Waals surface area contributed by atoms with Gasteiger partial charge < -0.3 is 10.1 Å². The predicted molar refractivity (Wildman–Crippen MR) is 117 cm³/mol. The third kappa shape index (κ3) is 4.66. The van der Waals surface area contributed by atoms with E-state index in [2.05, 4.69) is 11.2 Å². The molecule has 0 radical (unpaired) electrons. The molecule has 0 bridgehead atoms. The molecule has 1 aliphatic rings. The summed E-state index contributed by atoms with van der Waals surface area (Å²) in [5, 5.41) is 2.76. The van der Waals surface area contributed by atoms with Gasteiger partial charge in [-0.15, -0.1) is 6.42 Å². The molecule has 1 amide bonds. The summed E-state index contributed by atoms with van der Waals surface area (Å²) in [5.74, 6) is 2.84. The van der Waals surface area contributed by atoms with Gasteiger partial charge in [0.05, 0.1) is 7.11 Å². The molecule has 158 valence electrons. The van der Waals surface area contributed by atoms with Gasteiger partial charge in [-0.2, -0.15) is 4.31 Å². The third-order valence-corrected chi connectivity index (χ3v) is 7.02. The van der Waals surface area contributed by atoms with Crippen molar-refractivity contribution in [1.29, 1.82) is 0 Å². The number of hydrogen-bond acceptors (Lipinski definition) is 4. The zero-order valence-corrected chi connectivity index (χ0v) is 18.2. The largest absolute Gasteiger partial charge is 0.495 e. The van der Waals surface area contributed by atoms with Crippen molar-refractivity contribution in [2.75, 3.05) is 25.5 Å². The Balaban J connectivity index is 1.93. The van der Waals surface area contributed by atoms with Gasteiger partial charge in [0.2, 0.25) is 10.0 Å². The van der Waals surface area contributed by atoms with Crippen LogP contribution in [0.15, 0.2) is 47.4 Å². The molecule has 1 heterocycles. The number of ether oxygens (including phenoxy) is 1. The number of nitrogens with one attached hydrogen (secondary N) is 1. The van der Waals surface area contributed by atoms with Gasteiger partial charge in [0, 0.05) is 29.9 Å². The molecule has 1 fully saturated rings. The van der Waals surface area contributed by atoms with E-state index in [4.69, 9.17) is 11.2 Å². The van der Waals surface area contributed by atoms with Crippen LogP contribution in [-0.2, 0) is 10.0 Å². The van der Waals surface area contributed by atoms with Gasteiger partial charge in [-0.3, -0.25) is 4.79 Å². The van der Waals surface area contributed by atoms with Crippen LogP contribution >= 0.6 is 0 Å². The maximum absolute atomic E-state index is 13.4. The van der Waals surface area contributed by atoms with Crippen molar-refractivity contribution in [2.45, 2.75) is 25.2 Å². The minimum atomic E-state index is -3.81. The number of amides is 1. The number of anilines is 1. The summed E-state index contributed by atoms with van der Waals surface area (Å²) in [6.07, 6.45) is 6.39.